The van der Waals surface area contributed by atoms with E-state index in [1.54, 1.807) is 0 Å². The number of aliphatic imine (C=N–C) groups is 1. The largest absolute Gasteiger partial charge is 0.507 e. The minimum atomic E-state index is -1.40. The molecule has 170 valence electrons. The number of carboxylic acids is 1. The van der Waals surface area contributed by atoms with E-state index in [4.69, 9.17) is 27.8 Å². The van der Waals surface area contributed by atoms with Crippen molar-refractivity contribution in [2.45, 2.75) is 6.04 Å². The summed E-state index contributed by atoms with van der Waals surface area (Å²) in [6.45, 7) is -0.0517. The molecule has 0 unspecified atom stereocenters. The smallest absolute Gasteiger partial charge is 0.328 e. The average Bonchev–Trinajstić information content (AvgIpc) is 2.74. The van der Waals surface area contributed by atoms with Crippen LogP contribution in [0.25, 0.3) is 0 Å². The van der Waals surface area contributed by atoms with Gasteiger partial charge in [0, 0.05) is 23.2 Å². The van der Waals surface area contributed by atoms with Crippen LogP contribution in [0.5, 0.6) is 11.5 Å². The molecule has 11 nitrogen and oxygen atoms in total. The van der Waals surface area contributed by atoms with Crippen molar-refractivity contribution < 1.29 is 29.3 Å². The Labute approximate surface area is 188 Å². The third-order valence-corrected chi connectivity index (χ3v) is 4.30. The lowest BCUT2D eigenvalue weighted by molar-refractivity contribution is -0.139. The van der Waals surface area contributed by atoms with Crippen LogP contribution in [0.15, 0.2) is 47.5 Å². The Bertz CT molecular complexity index is 1010. The first kappa shape index (κ1) is 24.3. The lowest BCUT2D eigenvalue weighted by atomic mass is 10.1. The van der Waals surface area contributed by atoms with E-state index in [1.165, 1.54) is 42.5 Å². The van der Waals surface area contributed by atoms with E-state index in [1.807, 2.05) is 0 Å². The number of aliphatic carboxylic acids is 1. The van der Waals surface area contributed by atoms with Gasteiger partial charge in [-0.3, -0.25) is 14.6 Å². The third-order valence-electron chi connectivity index (χ3n) is 4.04. The molecule has 2 aromatic rings. The van der Waals surface area contributed by atoms with Gasteiger partial charge in [-0.25, -0.2) is 4.79 Å². The first-order chi connectivity index (χ1) is 15.2. The number of rotatable bonds is 10. The molecule has 0 fully saturated rings. The summed E-state index contributed by atoms with van der Waals surface area (Å²) in [6.07, 6.45) is 0. The highest BCUT2D eigenvalue weighted by Gasteiger charge is 2.22. The van der Waals surface area contributed by atoms with E-state index >= 15 is 0 Å². The first-order valence-corrected chi connectivity index (χ1v) is 9.64. The van der Waals surface area contributed by atoms with Crippen LogP contribution in [0.2, 0.25) is 5.02 Å². The predicted molar refractivity (Wildman–Crippen MR) is 117 cm³/mol. The molecule has 0 radical (unpaired) electrons. The number of nitrogens with one attached hydrogen (secondary N) is 2. The van der Waals surface area contributed by atoms with Gasteiger partial charge in [0.25, 0.3) is 11.8 Å². The van der Waals surface area contributed by atoms with Gasteiger partial charge in [0.1, 0.15) is 24.1 Å². The maximum atomic E-state index is 12.4. The number of hydrogen-bond donors (Lipinski definition) is 6. The molecule has 2 amide bonds. The molecule has 0 heterocycles. The second kappa shape index (κ2) is 11.4. The summed E-state index contributed by atoms with van der Waals surface area (Å²) in [4.78, 5) is 39.8. The number of guanidine groups is 1. The summed E-state index contributed by atoms with van der Waals surface area (Å²) in [5, 5.41) is 24.5. The number of benzene rings is 2. The molecule has 32 heavy (non-hydrogen) atoms. The lowest BCUT2D eigenvalue weighted by Gasteiger charge is -2.16. The van der Waals surface area contributed by atoms with E-state index in [0.29, 0.717) is 5.02 Å². The fraction of sp³-hybridized carbons (Fsp3) is 0.200. The average molecular weight is 464 g/mol. The Morgan fingerprint density at radius 2 is 1.78 bits per heavy atom. The second-order valence-electron chi connectivity index (χ2n) is 6.42. The maximum Gasteiger partial charge on any atom is 0.328 e. The first-order valence-electron chi connectivity index (χ1n) is 9.26. The van der Waals surface area contributed by atoms with Crippen LogP contribution in [0, 0.1) is 0 Å². The number of aromatic hydroxyl groups is 1. The number of carbonyl (C=O) groups excluding carboxylic acids is 2. The van der Waals surface area contributed by atoms with Crippen molar-refractivity contribution in [3.8, 4) is 11.5 Å². The number of nitrogens with two attached hydrogens (primary N) is 2. The SMILES string of the molecule is NC(N)=NCCOc1ccc(C(=O)NC[C@H](NC(=O)c2ccc(Cl)cc2)C(=O)O)c(O)c1. The van der Waals surface area contributed by atoms with Gasteiger partial charge in [0.05, 0.1) is 12.1 Å². The molecule has 8 N–H and O–H groups in total. The maximum absolute atomic E-state index is 12.4. The fourth-order valence-electron chi connectivity index (χ4n) is 2.46. The zero-order valence-electron chi connectivity index (χ0n) is 16.7. The van der Waals surface area contributed by atoms with Gasteiger partial charge < -0.3 is 37.1 Å². The summed E-state index contributed by atoms with van der Waals surface area (Å²) >= 11 is 5.77. The van der Waals surface area contributed by atoms with Gasteiger partial charge in [0.15, 0.2) is 5.96 Å². The number of phenolic OH excluding ortho intramolecular Hbond substituents is 1. The molecular formula is C20H22ClN5O6. The monoisotopic (exact) mass is 463 g/mol. The van der Waals surface area contributed by atoms with Crippen molar-refractivity contribution in [3.05, 3.63) is 58.6 Å². The minimum Gasteiger partial charge on any atom is -0.507 e. The van der Waals surface area contributed by atoms with Gasteiger partial charge in [-0.2, -0.15) is 0 Å². The zero-order valence-corrected chi connectivity index (χ0v) is 17.5. The number of halogens is 1. The van der Waals surface area contributed by atoms with Gasteiger partial charge in [-0.15, -0.1) is 0 Å². The van der Waals surface area contributed by atoms with Crippen molar-refractivity contribution in [2.24, 2.45) is 16.5 Å². The van der Waals surface area contributed by atoms with E-state index in [9.17, 15) is 24.6 Å². The minimum absolute atomic E-state index is 0.0764. The van der Waals surface area contributed by atoms with Gasteiger partial charge >= 0.3 is 5.97 Å². The summed E-state index contributed by atoms with van der Waals surface area (Å²) in [5.41, 5.74) is 10.5. The standard InChI is InChI=1S/C20H22ClN5O6/c21-12-3-1-11(2-4-12)17(28)26-15(19(30)31)10-25-18(29)14-6-5-13(9-16(14)27)32-8-7-24-20(22)23/h1-6,9,15,27H,7-8,10H2,(H,25,29)(H,26,28)(H,30,31)(H4,22,23,24)/t15-/m0/s1. The molecule has 0 bridgehead atoms. The second-order valence-corrected chi connectivity index (χ2v) is 6.85. The normalized spacial score (nSPS) is 11.2. The predicted octanol–water partition coefficient (Wildman–Crippen LogP) is 0.311. The van der Waals surface area contributed by atoms with Crippen LogP contribution in [0.4, 0.5) is 0 Å². The molecule has 0 aromatic heterocycles. The molecule has 0 aliphatic carbocycles. The Hall–Kier alpha value is -3.99. The van der Waals surface area contributed by atoms with E-state index < -0.39 is 30.4 Å². The van der Waals surface area contributed by atoms with Gasteiger partial charge in [-0.1, -0.05) is 11.6 Å². The quantitative estimate of drug-likeness (QED) is 0.165. The molecular weight excluding hydrogens is 442 g/mol. The van der Waals surface area contributed by atoms with Crippen molar-refractivity contribution in [1.29, 1.82) is 0 Å². The summed E-state index contributed by atoms with van der Waals surface area (Å²) in [6, 6.07) is 8.44. The van der Waals surface area contributed by atoms with E-state index in [0.717, 1.165) is 0 Å². The van der Waals surface area contributed by atoms with Crippen LogP contribution in [0.3, 0.4) is 0 Å². The topological polar surface area (TPSA) is 189 Å². The Morgan fingerprint density at radius 1 is 1.09 bits per heavy atom. The molecule has 0 saturated carbocycles. The number of amides is 2. The van der Waals surface area contributed by atoms with Crippen molar-refractivity contribution >= 4 is 35.3 Å². The van der Waals surface area contributed by atoms with Crippen molar-refractivity contribution in [1.82, 2.24) is 10.6 Å². The Kier molecular flexibility index (Phi) is 8.66. The summed E-state index contributed by atoms with van der Waals surface area (Å²) in [7, 11) is 0. The van der Waals surface area contributed by atoms with Crippen LogP contribution < -0.4 is 26.8 Å². The van der Waals surface area contributed by atoms with E-state index in [2.05, 4.69) is 15.6 Å². The third kappa shape index (κ3) is 7.36. The van der Waals surface area contributed by atoms with Crippen LogP contribution in [-0.4, -0.2) is 59.7 Å². The highest BCUT2D eigenvalue weighted by atomic mass is 35.5. The molecule has 12 heteroatoms. The number of phenols is 1. The fourth-order valence-corrected chi connectivity index (χ4v) is 2.59. The van der Waals surface area contributed by atoms with Gasteiger partial charge in [0.2, 0.25) is 0 Å². The summed E-state index contributed by atoms with van der Waals surface area (Å²) in [5.74, 6) is -2.90. The molecule has 0 spiro atoms. The highest BCUT2D eigenvalue weighted by molar-refractivity contribution is 6.30. The number of carboxylic acid groups (broad SMARTS) is 1. The molecule has 0 aliphatic rings. The molecule has 0 saturated heterocycles. The Balaban J connectivity index is 1.95. The molecule has 1 atom stereocenters. The molecule has 0 aliphatic heterocycles. The Morgan fingerprint density at radius 3 is 2.38 bits per heavy atom. The van der Waals surface area contributed by atoms with E-state index in [-0.39, 0.29) is 41.7 Å². The summed E-state index contributed by atoms with van der Waals surface area (Å²) < 4.78 is 5.35. The number of carbonyl (C=O) groups is 3. The van der Waals surface area contributed by atoms with Crippen LogP contribution in [-0.2, 0) is 4.79 Å². The van der Waals surface area contributed by atoms with Crippen molar-refractivity contribution in [2.75, 3.05) is 19.7 Å². The number of ether oxygens (including phenoxy) is 1. The van der Waals surface area contributed by atoms with Crippen LogP contribution >= 0.6 is 11.6 Å². The number of hydrogen-bond acceptors (Lipinski definition) is 6. The highest BCUT2D eigenvalue weighted by Crippen LogP contribution is 2.23. The molecule has 2 aromatic carbocycles. The van der Waals surface area contributed by atoms with Crippen molar-refractivity contribution in [3.63, 3.8) is 0 Å². The van der Waals surface area contributed by atoms with Crippen LogP contribution in [0.1, 0.15) is 20.7 Å². The zero-order chi connectivity index (χ0) is 23.7. The number of nitrogens with zero attached hydrogens (tertiary/aromatic N) is 1. The van der Waals surface area contributed by atoms with Gasteiger partial charge in [-0.05, 0) is 36.4 Å². The lowest BCUT2D eigenvalue weighted by Crippen LogP contribution is -2.48. The molecule has 2 rings (SSSR count).